The van der Waals surface area contributed by atoms with E-state index in [9.17, 15) is 0 Å². The van der Waals surface area contributed by atoms with E-state index in [4.69, 9.17) is 8.95 Å². The van der Waals surface area contributed by atoms with Crippen LogP contribution in [0.3, 0.4) is 0 Å². The van der Waals surface area contributed by atoms with Gasteiger partial charge < -0.3 is 8.95 Å². The maximum atomic E-state index is 6.06. The Bertz CT molecular complexity index is 369. The van der Waals surface area contributed by atoms with Crippen LogP contribution in [0.1, 0.15) is 32.2 Å². The molecule has 92 valence electrons. The summed E-state index contributed by atoms with van der Waals surface area (Å²) in [5, 5.41) is 4.20. The van der Waals surface area contributed by atoms with Crippen LogP contribution in [0.2, 0.25) is 18.1 Å². The Morgan fingerprint density at radius 1 is 1.38 bits per heavy atom. The molecule has 0 unspecified atom stereocenters. The van der Waals surface area contributed by atoms with Gasteiger partial charge in [0.25, 0.3) is 0 Å². The van der Waals surface area contributed by atoms with E-state index in [0.717, 1.165) is 15.9 Å². The van der Waals surface area contributed by atoms with Gasteiger partial charge in [0.15, 0.2) is 8.32 Å². The van der Waals surface area contributed by atoms with Gasteiger partial charge in [-0.05, 0) is 41.0 Å². The van der Waals surface area contributed by atoms with Crippen molar-refractivity contribution in [1.29, 1.82) is 0 Å². The maximum absolute atomic E-state index is 6.06. The largest absolute Gasteiger partial charge is 0.411 e. The van der Waals surface area contributed by atoms with Gasteiger partial charge in [-0.15, -0.1) is 0 Å². The molecule has 0 aliphatic carbocycles. The molecule has 1 aromatic rings. The van der Waals surface area contributed by atoms with E-state index >= 15 is 0 Å². The Morgan fingerprint density at radius 3 is 2.31 bits per heavy atom. The zero-order valence-electron chi connectivity index (χ0n) is 10.8. The molecule has 0 atom stereocenters. The molecular formula is C11H20BrNO2Si. The second-order valence-corrected chi connectivity index (χ2v) is 11.2. The van der Waals surface area contributed by atoms with E-state index in [1.54, 1.807) is 0 Å². The monoisotopic (exact) mass is 305 g/mol. The zero-order chi connectivity index (χ0) is 12.6. The Hall–Kier alpha value is -0.133. The number of hydrogen-bond donors (Lipinski definition) is 0. The highest BCUT2D eigenvalue weighted by atomic mass is 79.9. The molecule has 1 heterocycles. The summed E-state index contributed by atoms with van der Waals surface area (Å²) in [6.45, 7) is 13.5. The summed E-state index contributed by atoms with van der Waals surface area (Å²) in [6.07, 6.45) is 0. The van der Waals surface area contributed by atoms with Crippen LogP contribution >= 0.6 is 15.9 Å². The molecule has 0 spiro atoms. The van der Waals surface area contributed by atoms with Gasteiger partial charge in [0.05, 0.1) is 11.1 Å². The van der Waals surface area contributed by atoms with Gasteiger partial charge in [-0.1, -0.05) is 25.9 Å². The maximum Gasteiger partial charge on any atom is 0.192 e. The molecule has 0 aliphatic heterocycles. The fourth-order valence-electron chi connectivity index (χ4n) is 0.962. The number of aromatic nitrogens is 1. The highest BCUT2D eigenvalue weighted by Gasteiger charge is 2.37. The first-order chi connectivity index (χ1) is 7.15. The zero-order valence-corrected chi connectivity index (χ0v) is 13.4. The topological polar surface area (TPSA) is 35.3 Å². The van der Waals surface area contributed by atoms with E-state index in [0.29, 0.717) is 6.61 Å². The Labute approximate surface area is 107 Å². The lowest BCUT2D eigenvalue weighted by atomic mass is 10.2. The standard InChI is InChI=1S/C11H20BrNO2Si/c1-8-10(12)9(13-15-8)7-14-16(5,6)11(2,3)4/h7H2,1-6H3. The highest BCUT2D eigenvalue weighted by molar-refractivity contribution is 9.10. The Morgan fingerprint density at radius 2 is 1.94 bits per heavy atom. The van der Waals surface area contributed by atoms with Crippen LogP contribution in [0, 0.1) is 6.92 Å². The smallest absolute Gasteiger partial charge is 0.192 e. The lowest BCUT2D eigenvalue weighted by Crippen LogP contribution is -2.40. The van der Waals surface area contributed by atoms with E-state index in [1.807, 2.05) is 6.92 Å². The fraction of sp³-hybridized carbons (Fsp3) is 0.727. The second-order valence-electron chi connectivity index (χ2n) is 5.55. The van der Waals surface area contributed by atoms with Crippen LogP contribution in [0.5, 0.6) is 0 Å². The normalized spacial score (nSPS) is 13.2. The molecule has 1 aromatic heterocycles. The van der Waals surface area contributed by atoms with Gasteiger partial charge in [-0.3, -0.25) is 0 Å². The van der Waals surface area contributed by atoms with Crippen molar-refractivity contribution in [1.82, 2.24) is 5.16 Å². The van der Waals surface area contributed by atoms with Crippen molar-refractivity contribution in [3.63, 3.8) is 0 Å². The number of halogens is 1. The summed E-state index contributed by atoms with van der Waals surface area (Å²) >= 11 is 3.45. The molecule has 0 aromatic carbocycles. The highest BCUT2D eigenvalue weighted by Crippen LogP contribution is 2.37. The predicted octanol–water partition coefficient (Wildman–Crippen LogP) is 4.27. The van der Waals surface area contributed by atoms with Crippen LogP contribution in [0.4, 0.5) is 0 Å². The molecule has 0 aliphatic rings. The molecule has 0 saturated heterocycles. The van der Waals surface area contributed by atoms with Crippen LogP contribution in [0.25, 0.3) is 0 Å². The van der Waals surface area contributed by atoms with Crippen molar-refractivity contribution in [2.24, 2.45) is 0 Å². The quantitative estimate of drug-likeness (QED) is 0.782. The van der Waals surface area contributed by atoms with Gasteiger partial charge >= 0.3 is 0 Å². The van der Waals surface area contributed by atoms with E-state index in [1.165, 1.54) is 0 Å². The third-order valence-corrected chi connectivity index (χ3v) is 8.73. The summed E-state index contributed by atoms with van der Waals surface area (Å²) in [7, 11) is -1.70. The van der Waals surface area contributed by atoms with E-state index < -0.39 is 8.32 Å². The molecule has 5 heteroatoms. The van der Waals surface area contributed by atoms with Crippen LogP contribution in [-0.4, -0.2) is 13.5 Å². The van der Waals surface area contributed by atoms with Crippen molar-refractivity contribution < 1.29 is 8.95 Å². The number of rotatable bonds is 3. The summed E-state index contributed by atoms with van der Waals surface area (Å²) < 4.78 is 12.1. The first-order valence-electron chi connectivity index (χ1n) is 5.40. The van der Waals surface area contributed by atoms with Crippen LogP contribution in [-0.2, 0) is 11.0 Å². The van der Waals surface area contributed by atoms with Crippen molar-refractivity contribution in [3.05, 3.63) is 15.9 Å². The van der Waals surface area contributed by atoms with Crippen molar-refractivity contribution in [2.45, 2.75) is 52.4 Å². The summed E-state index contributed by atoms with van der Waals surface area (Å²) in [4.78, 5) is 0. The van der Waals surface area contributed by atoms with Crippen LogP contribution in [0.15, 0.2) is 9.00 Å². The molecule has 16 heavy (non-hydrogen) atoms. The average Bonchev–Trinajstić information content (AvgIpc) is 2.43. The van der Waals surface area contributed by atoms with Gasteiger partial charge in [-0.2, -0.15) is 0 Å². The summed E-state index contributed by atoms with van der Waals surface area (Å²) in [6, 6.07) is 0. The Kier molecular flexibility index (Phi) is 4.02. The lowest BCUT2D eigenvalue weighted by Gasteiger charge is -2.35. The van der Waals surface area contributed by atoms with E-state index in [-0.39, 0.29) is 5.04 Å². The van der Waals surface area contributed by atoms with E-state index in [2.05, 4.69) is 55.0 Å². The summed E-state index contributed by atoms with van der Waals surface area (Å²) in [5.41, 5.74) is 0.849. The minimum atomic E-state index is -1.70. The van der Waals surface area contributed by atoms with Gasteiger partial charge in [0.2, 0.25) is 0 Å². The molecule has 0 amide bonds. The van der Waals surface area contributed by atoms with Crippen molar-refractivity contribution in [2.75, 3.05) is 0 Å². The molecule has 0 saturated carbocycles. The molecular weight excluding hydrogens is 286 g/mol. The number of nitrogens with zero attached hydrogens (tertiary/aromatic N) is 1. The lowest BCUT2D eigenvalue weighted by molar-refractivity contribution is 0.262. The van der Waals surface area contributed by atoms with Crippen molar-refractivity contribution >= 4 is 24.2 Å². The minimum Gasteiger partial charge on any atom is -0.411 e. The van der Waals surface area contributed by atoms with Gasteiger partial charge in [0, 0.05) is 0 Å². The average molecular weight is 306 g/mol. The SMILES string of the molecule is Cc1onc(CO[Si](C)(C)C(C)(C)C)c1Br. The molecule has 0 bridgehead atoms. The fourth-order valence-corrected chi connectivity index (χ4v) is 2.15. The molecule has 3 nitrogen and oxygen atoms in total. The molecule has 0 N–H and O–H groups in total. The van der Waals surface area contributed by atoms with Gasteiger partial charge in [0.1, 0.15) is 11.5 Å². The Balaban J connectivity index is 2.69. The second kappa shape index (κ2) is 4.62. The third kappa shape index (κ3) is 2.96. The number of hydrogen-bond acceptors (Lipinski definition) is 3. The van der Waals surface area contributed by atoms with Gasteiger partial charge in [-0.25, -0.2) is 0 Å². The van der Waals surface area contributed by atoms with Crippen molar-refractivity contribution in [3.8, 4) is 0 Å². The summed E-state index contributed by atoms with van der Waals surface area (Å²) in [5.74, 6) is 0.800. The molecule has 1 rings (SSSR count). The predicted molar refractivity (Wildman–Crippen MR) is 70.9 cm³/mol. The molecule has 0 fully saturated rings. The van der Waals surface area contributed by atoms with Crippen LogP contribution < -0.4 is 0 Å². The first kappa shape index (κ1) is 13.9. The molecule has 0 radical (unpaired) electrons. The third-order valence-electron chi connectivity index (χ3n) is 3.23. The first-order valence-corrected chi connectivity index (χ1v) is 9.10. The minimum absolute atomic E-state index is 0.220. The number of aryl methyl sites for hydroxylation is 1.